The van der Waals surface area contributed by atoms with Crippen LogP contribution in [0.5, 0.6) is 0 Å². The van der Waals surface area contributed by atoms with Crippen molar-refractivity contribution >= 4 is 18.1 Å². The minimum atomic E-state index is 0.140. The predicted octanol–water partition coefficient (Wildman–Crippen LogP) is 5.41. The standard InChI is InChI=1S/C29H31BN3/c1-19(2)24-16-23(21-10-7-6-8-11-21)17-25(20(3)4)28(24)30-31(5)26-13-9-12-22-18-32-14-15-33(30)29(32)27(22)26/h6-17,19-20H,18H2,1-5H3/q+1. The molecule has 0 saturated heterocycles. The first-order chi connectivity index (χ1) is 16.0. The van der Waals surface area contributed by atoms with Gasteiger partial charge in [0.2, 0.25) is 0 Å². The maximum atomic E-state index is 2.51. The lowest BCUT2D eigenvalue weighted by Crippen LogP contribution is -2.71. The lowest BCUT2D eigenvalue weighted by molar-refractivity contribution is -0.523. The van der Waals surface area contributed by atoms with Crippen LogP contribution in [0.3, 0.4) is 0 Å². The van der Waals surface area contributed by atoms with Crippen LogP contribution in [0.15, 0.2) is 73.1 Å². The van der Waals surface area contributed by atoms with Crippen LogP contribution in [0.4, 0.5) is 5.69 Å². The third kappa shape index (κ3) is 2.93. The molecule has 0 radical (unpaired) electrons. The van der Waals surface area contributed by atoms with Crippen LogP contribution in [-0.2, 0) is 6.54 Å². The first-order valence-corrected chi connectivity index (χ1v) is 12.1. The smallest absolute Gasteiger partial charge is 0.372 e. The van der Waals surface area contributed by atoms with Crippen LogP contribution in [-0.4, -0.2) is 18.6 Å². The van der Waals surface area contributed by atoms with Crippen molar-refractivity contribution in [1.29, 1.82) is 0 Å². The molecule has 6 rings (SSSR count). The molecule has 3 heterocycles. The molecule has 3 nitrogen and oxygen atoms in total. The molecule has 2 aliphatic heterocycles. The van der Waals surface area contributed by atoms with Gasteiger partial charge < -0.3 is 4.81 Å². The molecule has 4 heteroatoms. The molecule has 0 unspecified atom stereocenters. The van der Waals surface area contributed by atoms with Gasteiger partial charge in [-0.15, -0.1) is 0 Å². The van der Waals surface area contributed by atoms with E-state index in [0.29, 0.717) is 11.8 Å². The van der Waals surface area contributed by atoms with E-state index >= 15 is 0 Å². The molecular weight excluding hydrogens is 401 g/mol. The molecule has 0 N–H and O–H groups in total. The van der Waals surface area contributed by atoms with Crippen LogP contribution in [0, 0.1) is 0 Å². The van der Waals surface area contributed by atoms with E-state index in [1.54, 1.807) is 0 Å². The molecule has 0 aliphatic carbocycles. The summed E-state index contributed by atoms with van der Waals surface area (Å²) in [6.45, 7) is 10.4. The number of imidazole rings is 1. The Morgan fingerprint density at radius 3 is 2.21 bits per heavy atom. The fraction of sp³-hybridized carbons (Fsp3) is 0.276. The van der Waals surface area contributed by atoms with Crippen LogP contribution < -0.4 is 14.8 Å². The molecule has 2 aliphatic rings. The van der Waals surface area contributed by atoms with Gasteiger partial charge in [-0.1, -0.05) is 82.3 Å². The van der Waals surface area contributed by atoms with Gasteiger partial charge >= 0.3 is 6.98 Å². The second-order valence-corrected chi connectivity index (χ2v) is 10.2. The SMILES string of the molecule is CC(C)c1cc(-c2ccccc2)cc(C(C)C)c1B1N(C)c2cccc3c2-c2n(cc[n+]21)C3. The quantitative estimate of drug-likeness (QED) is 0.346. The first kappa shape index (κ1) is 20.3. The summed E-state index contributed by atoms with van der Waals surface area (Å²) in [5, 5.41) is 0. The van der Waals surface area contributed by atoms with Gasteiger partial charge in [0.1, 0.15) is 18.9 Å². The molecule has 0 bridgehead atoms. The molecule has 0 amide bonds. The third-order valence-electron chi connectivity index (χ3n) is 7.48. The predicted molar refractivity (Wildman–Crippen MR) is 138 cm³/mol. The number of anilines is 1. The fourth-order valence-electron chi connectivity index (χ4n) is 5.89. The zero-order chi connectivity index (χ0) is 22.9. The van der Waals surface area contributed by atoms with E-state index in [2.05, 4.69) is 122 Å². The molecule has 0 saturated carbocycles. The first-order valence-electron chi connectivity index (χ1n) is 12.1. The Bertz CT molecular complexity index is 1340. The van der Waals surface area contributed by atoms with Crippen molar-refractivity contribution in [3.8, 4) is 22.5 Å². The van der Waals surface area contributed by atoms with Crippen molar-refractivity contribution < 1.29 is 4.48 Å². The topological polar surface area (TPSA) is 12.1 Å². The van der Waals surface area contributed by atoms with Gasteiger partial charge in [-0.25, -0.2) is 4.57 Å². The van der Waals surface area contributed by atoms with Gasteiger partial charge in [0, 0.05) is 16.7 Å². The summed E-state index contributed by atoms with van der Waals surface area (Å²) in [6, 6.07) is 22.5. The van der Waals surface area contributed by atoms with Gasteiger partial charge in [0.25, 0.3) is 5.82 Å². The summed E-state index contributed by atoms with van der Waals surface area (Å²) in [7, 11) is 2.27. The second kappa shape index (κ2) is 7.38. The molecule has 4 aromatic rings. The van der Waals surface area contributed by atoms with Crippen molar-refractivity contribution in [2.75, 3.05) is 11.9 Å². The largest absolute Gasteiger partial charge is 0.537 e. The summed E-state index contributed by atoms with van der Waals surface area (Å²) >= 11 is 0. The highest BCUT2D eigenvalue weighted by Crippen LogP contribution is 2.40. The average molecular weight is 432 g/mol. The number of rotatable bonds is 4. The Kier molecular flexibility index (Phi) is 4.55. The van der Waals surface area contributed by atoms with Crippen molar-refractivity contribution in [1.82, 2.24) is 4.57 Å². The Hall–Kier alpha value is -3.27. The lowest BCUT2D eigenvalue weighted by atomic mass is 9.58. The number of hydrogen-bond donors (Lipinski definition) is 0. The third-order valence-corrected chi connectivity index (χ3v) is 7.48. The number of aromatic nitrogens is 2. The molecule has 3 aromatic carbocycles. The maximum absolute atomic E-state index is 2.51. The van der Waals surface area contributed by atoms with E-state index in [-0.39, 0.29) is 6.98 Å². The van der Waals surface area contributed by atoms with Crippen molar-refractivity contribution in [2.45, 2.75) is 46.1 Å². The highest BCUT2D eigenvalue weighted by molar-refractivity contribution is 6.71. The highest BCUT2D eigenvalue weighted by atomic mass is 15.2. The van der Waals surface area contributed by atoms with Gasteiger partial charge in [0.05, 0.1) is 5.56 Å². The molecule has 0 spiro atoms. The van der Waals surface area contributed by atoms with E-state index in [4.69, 9.17) is 0 Å². The molecular formula is C29H31BN3+. The van der Waals surface area contributed by atoms with E-state index in [1.807, 2.05) is 0 Å². The Balaban J connectivity index is 1.63. The summed E-state index contributed by atoms with van der Waals surface area (Å²) in [5.74, 6) is 2.21. The normalized spacial score (nSPS) is 13.9. The lowest BCUT2D eigenvalue weighted by Gasteiger charge is -2.33. The molecule has 164 valence electrons. The number of benzene rings is 3. The van der Waals surface area contributed by atoms with E-state index in [9.17, 15) is 0 Å². The van der Waals surface area contributed by atoms with E-state index in [1.165, 1.54) is 50.4 Å². The zero-order valence-corrected chi connectivity index (χ0v) is 20.2. The van der Waals surface area contributed by atoms with Crippen LogP contribution in [0.1, 0.15) is 56.2 Å². The zero-order valence-electron chi connectivity index (χ0n) is 20.2. The Labute approximate surface area is 197 Å². The summed E-state index contributed by atoms with van der Waals surface area (Å²) < 4.78 is 4.92. The van der Waals surface area contributed by atoms with Crippen LogP contribution in [0.2, 0.25) is 0 Å². The summed E-state index contributed by atoms with van der Waals surface area (Å²) in [5.41, 5.74) is 11.1. The second-order valence-electron chi connectivity index (χ2n) is 10.2. The minimum Gasteiger partial charge on any atom is -0.372 e. The van der Waals surface area contributed by atoms with Gasteiger partial charge in [0.15, 0.2) is 0 Å². The summed E-state index contributed by atoms with van der Waals surface area (Å²) in [4.78, 5) is 2.50. The average Bonchev–Trinajstić information content (AvgIpc) is 3.39. The monoisotopic (exact) mass is 432 g/mol. The van der Waals surface area contributed by atoms with Crippen LogP contribution >= 0.6 is 0 Å². The Morgan fingerprint density at radius 1 is 0.848 bits per heavy atom. The fourth-order valence-corrected chi connectivity index (χ4v) is 5.89. The van der Waals surface area contributed by atoms with E-state index < -0.39 is 0 Å². The minimum absolute atomic E-state index is 0.140. The molecule has 0 atom stereocenters. The van der Waals surface area contributed by atoms with E-state index in [0.717, 1.165) is 6.54 Å². The highest BCUT2D eigenvalue weighted by Gasteiger charge is 2.48. The van der Waals surface area contributed by atoms with Crippen LogP contribution in [0.25, 0.3) is 22.5 Å². The Morgan fingerprint density at radius 2 is 1.55 bits per heavy atom. The summed E-state index contributed by atoms with van der Waals surface area (Å²) in [6.07, 6.45) is 4.54. The van der Waals surface area contributed by atoms with Gasteiger partial charge in [-0.3, -0.25) is 4.48 Å². The van der Waals surface area contributed by atoms with Crippen molar-refractivity contribution in [3.05, 3.63) is 89.7 Å². The number of hydrogen-bond acceptors (Lipinski definition) is 1. The number of nitrogens with zero attached hydrogens (tertiary/aromatic N) is 3. The van der Waals surface area contributed by atoms with Gasteiger partial charge in [-0.2, -0.15) is 0 Å². The van der Waals surface area contributed by atoms with Gasteiger partial charge in [-0.05, 0) is 47.2 Å². The maximum Gasteiger partial charge on any atom is 0.537 e. The molecule has 1 aromatic heterocycles. The van der Waals surface area contributed by atoms with Crippen molar-refractivity contribution in [3.63, 3.8) is 0 Å². The van der Waals surface area contributed by atoms with Crippen molar-refractivity contribution in [2.24, 2.45) is 0 Å². The molecule has 0 fully saturated rings. The molecule has 33 heavy (non-hydrogen) atoms.